The monoisotopic (exact) mass is 629 g/mol. The van der Waals surface area contributed by atoms with E-state index in [-0.39, 0.29) is 29.4 Å². The van der Waals surface area contributed by atoms with Crippen molar-refractivity contribution in [3.63, 3.8) is 0 Å². The quantitative estimate of drug-likeness (QED) is 0.276. The van der Waals surface area contributed by atoms with Crippen LogP contribution in [0, 0.1) is 0 Å². The maximum Gasteiger partial charge on any atom is 0.416 e. The Bertz CT molecular complexity index is 1470. The number of sulfonamides is 1. The van der Waals surface area contributed by atoms with Gasteiger partial charge in [0.1, 0.15) is 12.6 Å². The van der Waals surface area contributed by atoms with Crippen molar-refractivity contribution >= 4 is 50.7 Å². The molecule has 0 aliphatic carbocycles. The molecule has 1 unspecified atom stereocenters. The van der Waals surface area contributed by atoms with Crippen LogP contribution in [0.2, 0.25) is 10.0 Å². The van der Waals surface area contributed by atoms with Gasteiger partial charge in [0.2, 0.25) is 11.8 Å². The molecular weight excluding hydrogens is 602 g/mol. The average molecular weight is 631 g/mol. The van der Waals surface area contributed by atoms with Crippen molar-refractivity contribution in [2.75, 3.05) is 17.4 Å². The Kier molecular flexibility index (Phi) is 10.7. The van der Waals surface area contributed by atoms with Gasteiger partial charge < -0.3 is 10.2 Å². The molecule has 220 valence electrons. The first-order valence-electron chi connectivity index (χ1n) is 12.6. The minimum atomic E-state index is -4.81. The highest BCUT2D eigenvalue weighted by Crippen LogP contribution is 2.37. The summed E-state index contributed by atoms with van der Waals surface area (Å²) in [4.78, 5) is 27.8. The first kappa shape index (κ1) is 32.2. The lowest BCUT2D eigenvalue weighted by Crippen LogP contribution is -2.52. The molecule has 0 aliphatic heterocycles. The predicted octanol–water partition coefficient (Wildman–Crippen LogP) is 6.15. The van der Waals surface area contributed by atoms with Gasteiger partial charge in [-0.3, -0.25) is 13.9 Å². The zero-order valence-corrected chi connectivity index (χ0v) is 24.5. The van der Waals surface area contributed by atoms with E-state index in [9.17, 15) is 31.2 Å². The maximum atomic E-state index is 13.9. The Morgan fingerprint density at radius 3 is 2.15 bits per heavy atom. The summed E-state index contributed by atoms with van der Waals surface area (Å²) < 4.78 is 69.0. The number of hydrogen-bond acceptors (Lipinski definition) is 4. The molecule has 3 aromatic rings. The Balaban J connectivity index is 2.15. The van der Waals surface area contributed by atoms with Gasteiger partial charge in [0.15, 0.2) is 0 Å². The van der Waals surface area contributed by atoms with Gasteiger partial charge in [-0.2, -0.15) is 13.2 Å². The summed E-state index contributed by atoms with van der Waals surface area (Å²) in [6, 6.07) is 14.7. The second kappa shape index (κ2) is 13.6. The standard InChI is InChI=1S/C28H28Cl2F3N3O4S/c1-3-24(27(38)34-4-2)35(17-19-10-13-21(29)14-11-19)26(37)18-36(41(39,40)22-8-6-5-7-9-22)25-16-20(28(31,32)33)12-15-23(25)30/h5-16,24H,3-4,17-18H2,1-2H3,(H,34,38). The number of amides is 2. The van der Waals surface area contributed by atoms with Crippen LogP contribution in [0.3, 0.4) is 0 Å². The van der Waals surface area contributed by atoms with Crippen molar-refractivity contribution in [3.05, 3.63) is 94.0 Å². The minimum Gasteiger partial charge on any atom is -0.355 e. The zero-order chi connectivity index (χ0) is 30.4. The normalized spacial score (nSPS) is 12.5. The predicted molar refractivity (Wildman–Crippen MR) is 152 cm³/mol. The van der Waals surface area contributed by atoms with Gasteiger partial charge in [0.05, 0.1) is 21.2 Å². The van der Waals surface area contributed by atoms with Crippen LogP contribution in [0.25, 0.3) is 0 Å². The summed E-state index contributed by atoms with van der Waals surface area (Å²) in [5, 5.41) is 2.80. The number of carbonyl (C=O) groups is 2. The molecule has 0 radical (unpaired) electrons. The largest absolute Gasteiger partial charge is 0.416 e. The SMILES string of the molecule is CCNC(=O)C(CC)N(Cc1ccc(Cl)cc1)C(=O)CN(c1cc(C(F)(F)F)ccc1Cl)S(=O)(=O)c1ccccc1. The number of benzene rings is 3. The number of likely N-dealkylation sites (N-methyl/N-ethyl adjacent to an activating group) is 1. The topological polar surface area (TPSA) is 86.8 Å². The van der Waals surface area contributed by atoms with E-state index in [4.69, 9.17) is 23.2 Å². The van der Waals surface area contributed by atoms with Gasteiger partial charge in [-0.05, 0) is 61.4 Å². The first-order valence-corrected chi connectivity index (χ1v) is 14.7. The summed E-state index contributed by atoms with van der Waals surface area (Å²) in [5.74, 6) is -1.29. The van der Waals surface area contributed by atoms with Crippen molar-refractivity contribution in [1.82, 2.24) is 10.2 Å². The number of hydrogen-bond donors (Lipinski definition) is 1. The van der Waals surface area contributed by atoms with E-state index in [1.807, 2.05) is 0 Å². The Labute approximate surface area is 246 Å². The molecule has 7 nitrogen and oxygen atoms in total. The minimum absolute atomic E-state index is 0.0960. The lowest BCUT2D eigenvalue weighted by molar-refractivity contribution is -0.140. The van der Waals surface area contributed by atoms with Crippen molar-refractivity contribution in [1.29, 1.82) is 0 Å². The lowest BCUT2D eigenvalue weighted by Gasteiger charge is -2.33. The number of nitrogens with one attached hydrogen (secondary N) is 1. The molecule has 0 bridgehead atoms. The van der Waals surface area contributed by atoms with Crippen LogP contribution in [0.4, 0.5) is 18.9 Å². The van der Waals surface area contributed by atoms with E-state index in [2.05, 4.69) is 5.32 Å². The number of carbonyl (C=O) groups excluding carboxylic acids is 2. The molecule has 0 saturated heterocycles. The second-order valence-corrected chi connectivity index (χ2v) is 11.7. The van der Waals surface area contributed by atoms with Crippen molar-refractivity contribution in [2.45, 2.75) is 43.9 Å². The number of anilines is 1. The smallest absolute Gasteiger partial charge is 0.355 e. The van der Waals surface area contributed by atoms with Crippen LogP contribution in [0.15, 0.2) is 77.7 Å². The van der Waals surface area contributed by atoms with E-state index in [1.54, 1.807) is 44.2 Å². The Morgan fingerprint density at radius 2 is 1.59 bits per heavy atom. The molecule has 0 heterocycles. The molecule has 0 spiro atoms. The maximum absolute atomic E-state index is 13.9. The van der Waals surface area contributed by atoms with Gasteiger partial charge in [0.25, 0.3) is 10.0 Å². The molecule has 1 atom stereocenters. The molecule has 1 N–H and O–H groups in total. The van der Waals surface area contributed by atoms with E-state index in [1.165, 1.54) is 29.2 Å². The van der Waals surface area contributed by atoms with E-state index >= 15 is 0 Å². The molecule has 2 amide bonds. The highest BCUT2D eigenvalue weighted by Gasteiger charge is 2.36. The molecule has 0 saturated carbocycles. The number of halogens is 5. The fourth-order valence-corrected chi connectivity index (χ4v) is 5.95. The summed E-state index contributed by atoms with van der Waals surface area (Å²) in [6.07, 6.45) is -4.63. The third-order valence-corrected chi connectivity index (χ3v) is 8.50. The highest BCUT2D eigenvalue weighted by atomic mass is 35.5. The summed E-state index contributed by atoms with van der Waals surface area (Å²) in [7, 11) is -4.59. The molecule has 0 aromatic heterocycles. The molecular formula is C28H28Cl2F3N3O4S. The van der Waals surface area contributed by atoms with Crippen LogP contribution in [-0.4, -0.2) is 44.3 Å². The number of rotatable bonds is 11. The Morgan fingerprint density at radius 1 is 0.951 bits per heavy atom. The second-order valence-electron chi connectivity index (χ2n) is 8.96. The first-order chi connectivity index (χ1) is 19.3. The van der Waals surface area contributed by atoms with Crippen LogP contribution in [0.5, 0.6) is 0 Å². The van der Waals surface area contributed by atoms with Gasteiger partial charge in [-0.25, -0.2) is 8.42 Å². The third-order valence-electron chi connectivity index (χ3n) is 6.16. The number of alkyl halides is 3. The van der Waals surface area contributed by atoms with Gasteiger partial charge in [-0.15, -0.1) is 0 Å². The van der Waals surface area contributed by atoms with Crippen LogP contribution in [-0.2, 0) is 32.3 Å². The summed E-state index contributed by atoms with van der Waals surface area (Å²) in [5.41, 5.74) is -1.08. The molecule has 3 aromatic carbocycles. The number of nitrogens with zero attached hydrogens (tertiary/aromatic N) is 2. The van der Waals surface area contributed by atoms with Gasteiger partial charge in [0, 0.05) is 18.1 Å². The average Bonchev–Trinajstić information content (AvgIpc) is 2.93. The van der Waals surface area contributed by atoms with E-state index < -0.39 is 51.9 Å². The lowest BCUT2D eigenvalue weighted by atomic mass is 10.1. The van der Waals surface area contributed by atoms with Crippen molar-refractivity contribution < 1.29 is 31.2 Å². The van der Waals surface area contributed by atoms with Gasteiger partial charge >= 0.3 is 6.18 Å². The molecule has 3 rings (SSSR count). The van der Waals surface area contributed by atoms with E-state index in [0.29, 0.717) is 21.0 Å². The van der Waals surface area contributed by atoms with E-state index in [0.717, 1.165) is 12.1 Å². The fourth-order valence-electron chi connectivity index (χ4n) is 4.11. The fraction of sp³-hybridized carbons (Fsp3) is 0.286. The molecule has 0 aliphatic rings. The van der Waals surface area contributed by atoms with Crippen LogP contribution >= 0.6 is 23.2 Å². The highest BCUT2D eigenvalue weighted by molar-refractivity contribution is 7.92. The third kappa shape index (κ3) is 7.93. The van der Waals surface area contributed by atoms with Crippen LogP contribution < -0.4 is 9.62 Å². The summed E-state index contributed by atoms with van der Waals surface area (Å²) >= 11 is 12.2. The van der Waals surface area contributed by atoms with Crippen LogP contribution in [0.1, 0.15) is 31.4 Å². The molecule has 13 heteroatoms. The molecule has 41 heavy (non-hydrogen) atoms. The van der Waals surface area contributed by atoms with Crippen molar-refractivity contribution in [3.8, 4) is 0 Å². The van der Waals surface area contributed by atoms with Gasteiger partial charge in [-0.1, -0.05) is 60.5 Å². The van der Waals surface area contributed by atoms with Crippen molar-refractivity contribution in [2.24, 2.45) is 0 Å². The summed E-state index contributed by atoms with van der Waals surface area (Å²) in [6.45, 7) is 2.65. The Hall–Kier alpha value is -3.28. The zero-order valence-electron chi connectivity index (χ0n) is 22.2. The molecule has 0 fully saturated rings.